The van der Waals surface area contributed by atoms with Gasteiger partial charge < -0.3 is 5.73 Å². The maximum atomic E-state index is 10.4. The van der Waals surface area contributed by atoms with Gasteiger partial charge in [-0.3, -0.25) is 0 Å². The lowest BCUT2D eigenvalue weighted by molar-refractivity contribution is 0.249. The Hall–Kier alpha value is -1.84. The van der Waals surface area contributed by atoms with Crippen LogP contribution in [-0.4, -0.2) is 12.2 Å². The van der Waals surface area contributed by atoms with Crippen LogP contribution in [0.1, 0.15) is 36.5 Å². The molecule has 0 aromatic heterocycles. The number of carbonyl (C=O) groups is 1. The van der Waals surface area contributed by atoms with E-state index < -0.39 is 6.03 Å². The first-order valence-electron chi connectivity index (χ1n) is 5.19. The van der Waals surface area contributed by atoms with Gasteiger partial charge in [0.15, 0.2) is 0 Å². The van der Waals surface area contributed by atoms with Crippen LogP contribution in [0.2, 0.25) is 0 Å². The van der Waals surface area contributed by atoms with Crippen LogP contribution < -0.4 is 11.2 Å². The Bertz CT molecular complexity index is 411. The summed E-state index contributed by atoms with van der Waals surface area (Å²) in [5.74, 6) is 0.469. The van der Waals surface area contributed by atoms with E-state index in [1.165, 1.54) is 5.56 Å². The van der Waals surface area contributed by atoms with Crippen molar-refractivity contribution in [2.75, 3.05) is 0 Å². The first-order valence-corrected chi connectivity index (χ1v) is 5.19. The number of rotatable bonds is 3. The standard InChI is InChI=1S/C12H17N3O/c1-8(2)10-5-4-9(3)11(6-10)7-14-15-12(13)16/h4-8H,1-3H3,(H3,13,15,16)/b14-7+. The van der Waals surface area contributed by atoms with Gasteiger partial charge in [-0.05, 0) is 35.6 Å². The fourth-order valence-electron chi connectivity index (χ4n) is 1.32. The lowest BCUT2D eigenvalue weighted by Gasteiger charge is -2.08. The number of hydrogen-bond donors (Lipinski definition) is 2. The maximum Gasteiger partial charge on any atom is 0.332 e. The molecule has 0 aliphatic rings. The van der Waals surface area contributed by atoms with Crippen LogP contribution in [-0.2, 0) is 0 Å². The predicted octanol–water partition coefficient (Wildman–Crippen LogP) is 2.12. The van der Waals surface area contributed by atoms with Crippen LogP contribution in [0, 0.1) is 6.92 Å². The molecule has 86 valence electrons. The molecule has 0 saturated carbocycles. The Morgan fingerprint density at radius 3 is 2.75 bits per heavy atom. The van der Waals surface area contributed by atoms with Crippen LogP contribution in [0.25, 0.3) is 0 Å². The SMILES string of the molecule is Cc1ccc(C(C)C)cc1/C=N/NC(N)=O. The van der Waals surface area contributed by atoms with Crippen LogP contribution >= 0.6 is 0 Å². The summed E-state index contributed by atoms with van der Waals surface area (Å²) in [4.78, 5) is 10.4. The van der Waals surface area contributed by atoms with Crippen molar-refractivity contribution in [1.29, 1.82) is 0 Å². The van der Waals surface area contributed by atoms with E-state index in [0.717, 1.165) is 11.1 Å². The molecule has 1 rings (SSSR count). The summed E-state index contributed by atoms with van der Waals surface area (Å²) in [5.41, 5.74) is 10.4. The fourth-order valence-corrected chi connectivity index (χ4v) is 1.32. The lowest BCUT2D eigenvalue weighted by Crippen LogP contribution is -2.24. The second-order valence-electron chi connectivity index (χ2n) is 4.00. The summed E-state index contributed by atoms with van der Waals surface area (Å²) in [7, 11) is 0. The van der Waals surface area contributed by atoms with Crippen molar-refractivity contribution in [2.45, 2.75) is 26.7 Å². The van der Waals surface area contributed by atoms with E-state index in [0.29, 0.717) is 5.92 Å². The van der Waals surface area contributed by atoms with E-state index in [-0.39, 0.29) is 0 Å². The van der Waals surface area contributed by atoms with Gasteiger partial charge in [0.2, 0.25) is 0 Å². The van der Waals surface area contributed by atoms with Gasteiger partial charge in [-0.15, -0.1) is 0 Å². The normalized spacial score (nSPS) is 11.0. The highest BCUT2D eigenvalue weighted by atomic mass is 16.2. The Labute approximate surface area is 95.5 Å². The molecular formula is C12H17N3O. The zero-order valence-corrected chi connectivity index (χ0v) is 9.82. The molecule has 0 saturated heterocycles. The lowest BCUT2D eigenvalue weighted by atomic mass is 9.98. The molecule has 4 heteroatoms. The molecule has 3 N–H and O–H groups in total. The molecule has 0 atom stereocenters. The van der Waals surface area contributed by atoms with Crippen molar-refractivity contribution in [3.05, 3.63) is 34.9 Å². The Kier molecular flexibility index (Phi) is 4.05. The molecule has 0 spiro atoms. The second kappa shape index (κ2) is 5.30. The van der Waals surface area contributed by atoms with Crippen molar-refractivity contribution >= 4 is 12.2 Å². The minimum absolute atomic E-state index is 0.469. The number of carbonyl (C=O) groups excluding carboxylic acids is 1. The Balaban J connectivity index is 2.90. The Morgan fingerprint density at radius 2 is 2.19 bits per heavy atom. The molecule has 4 nitrogen and oxygen atoms in total. The summed E-state index contributed by atoms with van der Waals surface area (Å²) in [5, 5.41) is 3.75. The molecule has 1 aromatic carbocycles. The summed E-state index contributed by atoms with van der Waals surface area (Å²) in [6.07, 6.45) is 1.60. The van der Waals surface area contributed by atoms with Gasteiger partial charge >= 0.3 is 6.03 Å². The molecule has 0 aliphatic carbocycles. The van der Waals surface area contributed by atoms with E-state index in [9.17, 15) is 4.79 Å². The molecule has 1 aromatic rings. The third kappa shape index (κ3) is 3.38. The van der Waals surface area contributed by atoms with Gasteiger partial charge in [0, 0.05) is 0 Å². The number of nitrogens with zero attached hydrogens (tertiary/aromatic N) is 1. The molecule has 0 heterocycles. The average Bonchev–Trinajstić information content (AvgIpc) is 2.20. The van der Waals surface area contributed by atoms with Crippen LogP contribution in [0.5, 0.6) is 0 Å². The van der Waals surface area contributed by atoms with Gasteiger partial charge in [-0.25, -0.2) is 10.2 Å². The number of amides is 2. The molecule has 16 heavy (non-hydrogen) atoms. The third-order valence-corrected chi connectivity index (χ3v) is 2.35. The number of aryl methyl sites for hydroxylation is 1. The van der Waals surface area contributed by atoms with Crippen LogP contribution in [0.15, 0.2) is 23.3 Å². The highest BCUT2D eigenvalue weighted by Crippen LogP contribution is 2.17. The molecule has 0 radical (unpaired) electrons. The van der Waals surface area contributed by atoms with E-state index in [1.807, 2.05) is 13.0 Å². The number of hydrazone groups is 1. The first kappa shape index (κ1) is 12.2. The smallest absolute Gasteiger partial charge is 0.332 e. The summed E-state index contributed by atoms with van der Waals surface area (Å²) < 4.78 is 0. The maximum absolute atomic E-state index is 10.4. The minimum Gasteiger partial charge on any atom is -0.350 e. The fraction of sp³-hybridized carbons (Fsp3) is 0.333. The van der Waals surface area contributed by atoms with Gasteiger partial charge in [-0.1, -0.05) is 26.0 Å². The van der Waals surface area contributed by atoms with Crippen molar-refractivity contribution in [3.8, 4) is 0 Å². The van der Waals surface area contributed by atoms with Gasteiger partial charge in [-0.2, -0.15) is 5.10 Å². The molecule has 0 unspecified atom stereocenters. The monoisotopic (exact) mass is 219 g/mol. The first-order chi connectivity index (χ1) is 7.50. The number of primary amides is 1. The molecular weight excluding hydrogens is 202 g/mol. The van der Waals surface area contributed by atoms with Crippen molar-refractivity contribution in [3.63, 3.8) is 0 Å². The van der Waals surface area contributed by atoms with Crippen LogP contribution in [0.4, 0.5) is 4.79 Å². The van der Waals surface area contributed by atoms with Gasteiger partial charge in [0.25, 0.3) is 0 Å². The van der Waals surface area contributed by atoms with Crippen molar-refractivity contribution in [1.82, 2.24) is 5.43 Å². The molecule has 0 fully saturated rings. The van der Waals surface area contributed by atoms with Crippen LogP contribution in [0.3, 0.4) is 0 Å². The Morgan fingerprint density at radius 1 is 1.50 bits per heavy atom. The second-order valence-corrected chi connectivity index (χ2v) is 4.00. The summed E-state index contributed by atoms with van der Waals surface area (Å²) in [6.45, 7) is 6.26. The topological polar surface area (TPSA) is 67.5 Å². The highest BCUT2D eigenvalue weighted by Gasteiger charge is 2.01. The predicted molar refractivity (Wildman–Crippen MR) is 65.6 cm³/mol. The minimum atomic E-state index is -0.658. The summed E-state index contributed by atoms with van der Waals surface area (Å²) >= 11 is 0. The van der Waals surface area contributed by atoms with Gasteiger partial charge in [0.1, 0.15) is 0 Å². The molecule has 2 amide bonds. The van der Waals surface area contributed by atoms with E-state index >= 15 is 0 Å². The number of benzene rings is 1. The van der Waals surface area contributed by atoms with Gasteiger partial charge in [0.05, 0.1) is 6.21 Å². The highest BCUT2D eigenvalue weighted by molar-refractivity contribution is 5.83. The number of urea groups is 1. The number of hydrogen-bond acceptors (Lipinski definition) is 2. The molecule has 0 bridgehead atoms. The van der Waals surface area contributed by atoms with Crippen molar-refractivity contribution < 1.29 is 4.79 Å². The van der Waals surface area contributed by atoms with Crippen molar-refractivity contribution in [2.24, 2.45) is 10.8 Å². The zero-order chi connectivity index (χ0) is 12.1. The molecule has 0 aliphatic heterocycles. The third-order valence-electron chi connectivity index (χ3n) is 2.35. The largest absolute Gasteiger partial charge is 0.350 e. The number of nitrogens with one attached hydrogen (secondary N) is 1. The van der Waals surface area contributed by atoms with E-state index in [2.05, 4.69) is 36.5 Å². The van der Waals surface area contributed by atoms with E-state index in [4.69, 9.17) is 5.73 Å². The summed E-state index contributed by atoms with van der Waals surface area (Å²) in [6, 6.07) is 5.54. The zero-order valence-electron chi connectivity index (χ0n) is 9.82. The number of nitrogens with two attached hydrogens (primary N) is 1. The van der Waals surface area contributed by atoms with E-state index in [1.54, 1.807) is 6.21 Å². The average molecular weight is 219 g/mol. The quantitative estimate of drug-likeness (QED) is 0.593.